The first-order valence-electron chi connectivity index (χ1n) is 8.32. The van der Waals surface area contributed by atoms with Crippen LogP contribution in [-0.2, 0) is 0 Å². The van der Waals surface area contributed by atoms with E-state index in [2.05, 4.69) is 52.4 Å². The minimum absolute atomic E-state index is 0.703. The van der Waals surface area contributed by atoms with Crippen LogP contribution in [0.1, 0.15) is 16.7 Å². The summed E-state index contributed by atoms with van der Waals surface area (Å²) in [5.41, 5.74) is 6.01. The molecule has 0 aliphatic carbocycles. The molecule has 0 atom stereocenters. The number of fused-ring (bicyclic) bond motifs is 1. The average Bonchev–Trinajstić information content (AvgIpc) is 3.02. The van der Waals surface area contributed by atoms with Crippen molar-refractivity contribution in [3.8, 4) is 5.69 Å². The molecule has 6 heteroatoms. The van der Waals surface area contributed by atoms with E-state index < -0.39 is 0 Å². The van der Waals surface area contributed by atoms with Crippen LogP contribution in [0.4, 0.5) is 11.5 Å². The molecule has 1 N–H and O–H groups in total. The second-order valence-electron chi connectivity index (χ2n) is 6.45. The number of hydrogen-bond donors (Lipinski definition) is 1. The van der Waals surface area contributed by atoms with Gasteiger partial charge in [-0.2, -0.15) is 5.10 Å². The van der Waals surface area contributed by atoms with Gasteiger partial charge in [0.2, 0.25) is 0 Å². The largest absolute Gasteiger partial charge is 0.340 e. The zero-order chi connectivity index (χ0) is 18.3. The Bertz CT molecular complexity index is 1100. The third-order valence-corrected chi connectivity index (χ3v) is 4.66. The topological polar surface area (TPSA) is 55.6 Å². The van der Waals surface area contributed by atoms with Crippen molar-refractivity contribution in [2.24, 2.45) is 0 Å². The first-order chi connectivity index (χ1) is 12.5. The SMILES string of the molecule is Cc1cc(C)cc(Nc2ncnc3c2cnn3-c2ccc(C)c(Cl)c2)c1. The van der Waals surface area contributed by atoms with Crippen LogP contribution in [0.15, 0.2) is 48.9 Å². The molecule has 26 heavy (non-hydrogen) atoms. The van der Waals surface area contributed by atoms with Gasteiger partial charge in [-0.25, -0.2) is 14.6 Å². The van der Waals surface area contributed by atoms with Crippen molar-refractivity contribution in [2.75, 3.05) is 5.32 Å². The van der Waals surface area contributed by atoms with Crippen molar-refractivity contribution < 1.29 is 0 Å². The van der Waals surface area contributed by atoms with E-state index >= 15 is 0 Å². The van der Waals surface area contributed by atoms with Crippen LogP contribution < -0.4 is 5.32 Å². The van der Waals surface area contributed by atoms with Crippen molar-refractivity contribution in [1.82, 2.24) is 19.7 Å². The Hall–Kier alpha value is -2.92. The maximum absolute atomic E-state index is 6.26. The van der Waals surface area contributed by atoms with Gasteiger partial charge in [0.15, 0.2) is 5.65 Å². The molecule has 0 radical (unpaired) electrons. The first-order valence-corrected chi connectivity index (χ1v) is 8.69. The molecule has 2 heterocycles. The van der Waals surface area contributed by atoms with Crippen molar-refractivity contribution in [3.63, 3.8) is 0 Å². The molecule has 0 fully saturated rings. The Morgan fingerprint density at radius 3 is 2.46 bits per heavy atom. The Balaban J connectivity index is 1.78. The van der Waals surface area contributed by atoms with Crippen LogP contribution in [0.3, 0.4) is 0 Å². The number of aromatic nitrogens is 4. The lowest BCUT2D eigenvalue weighted by Gasteiger charge is -2.09. The first kappa shape index (κ1) is 16.5. The Morgan fingerprint density at radius 1 is 0.962 bits per heavy atom. The van der Waals surface area contributed by atoms with Gasteiger partial charge in [-0.1, -0.05) is 23.7 Å². The van der Waals surface area contributed by atoms with Gasteiger partial charge in [0.25, 0.3) is 0 Å². The predicted octanol–water partition coefficient (Wildman–Crippen LogP) is 5.14. The van der Waals surface area contributed by atoms with Gasteiger partial charge in [-0.15, -0.1) is 0 Å². The number of anilines is 2. The van der Waals surface area contributed by atoms with Crippen LogP contribution in [0.25, 0.3) is 16.7 Å². The van der Waals surface area contributed by atoms with Gasteiger partial charge in [0.1, 0.15) is 12.1 Å². The number of nitrogens with zero attached hydrogens (tertiary/aromatic N) is 4. The summed E-state index contributed by atoms with van der Waals surface area (Å²) in [4.78, 5) is 8.81. The Labute approximate surface area is 156 Å². The molecule has 130 valence electrons. The number of aryl methyl sites for hydroxylation is 3. The summed E-state index contributed by atoms with van der Waals surface area (Å²) in [5.74, 6) is 0.726. The molecule has 2 aromatic heterocycles. The predicted molar refractivity (Wildman–Crippen MR) is 106 cm³/mol. The van der Waals surface area contributed by atoms with Crippen molar-refractivity contribution in [3.05, 3.63) is 70.6 Å². The molecule has 0 aliphatic heterocycles. The highest BCUT2D eigenvalue weighted by atomic mass is 35.5. The highest BCUT2D eigenvalue weighted by Crippen LogP contribution is 2.27. The van der Waals surface area contributed by atoms with E-state index in [1.165, 1.54) is 11.1 Å². The summed E-state index contributed by atoms with van der Waals surface area (Å²) >= 11 is 6.26. The van der Waals surface area contributed by atoms with E-state index in [4.69, 9.17) is 11.6 Å². The quantitative estimate of drug-likeness (QED) is 0.547. The van der Waals surface area contributed by atoms with E-state index in [1.807, 2.05) is 25.1 Å². The van der Waals surface area contributed by atoms with Gasteiger partial charge < -0.3 is 5.32 Å². The average molecular weight is 364 g/mol. The molecule has 0 bridgehead atoms. The molecule has 0 aliphatic rings. The molecule has 0 saturated carbocycles. The lowest BCUT2D eigenvalue weighted by Crippen LogP contribution is -2.00. The van der Waals surface area contributed by atoms with E-state index in [1.54, 1.807) is 17.2 Å². The van der Waals surface area contributed by atoms with Crippen molar-refractivity contribution in [2.45, 2.75) is 20.8 Å². The van der Waals surface area contributed by atoms with Crippen LogP contribution in [-0.4, -0.2) is 19.7 Å². The summed E-state index contributed by atoms with van der Waals surface area (Å²) in [7, 11) is 0. The summed E-state index contributed by atoms with van der Waals surface area (Å²) in [6.07, 6.45) is 3.31. The third kappa shape index (κ3) is 3.02. The zero-order valence-corrected chi connectivity index (χ0v) is 15.5. The summed E-state index contributed by atoms with van der Waals surface area (Å²) < 4.78 is 1.77. The molecule has 2 aromatic carbocycles. The van der Waals surface area contributed by atoms with Crippen LogP contribution in [0.2, 0.25) is 5.02 Å². The maximum Gasteiger partial charge on any atom is 0.168 e. The number of nitrogens with one attached hydrogen (secondary N) is 1. The smallest absolute Gasteiger partial charge is 0.168 e. The second-order valence-corrected chi connectivity index (χ2v) is 6.86. The lowest BCUT2D eigenvalue weighted by atomic mass is 10.1. The summed E-state index contributed by atoms with van der Waals surface area (Å²) in [5, 5.41) is 9.43. The van der Waals surface area contributed by atoms with Gasteiger partial charge >= 0.3 is 0 Å². The van der Waals surface area contributed by atoms with Crippen molar-refractivity contribution in [1.29, 1.82) is 0 Å². The molecule has 0 saturated heterocycles. The molecule has 0 unspecified atom stereocenters. The standard InChI is InChI=1S/C20H18ClN5/c1-12-6-13(2)8-15(7-12)25-19-17-10-24-26(20(17)23-11-22-19)16-5-4-14(3)18(21)9-16/h4-11H,1-3H3,(H,22,23,25). The van der Waals surface area contributed by atoms with Gasteiger partial charge in [0.05, 0.1) is 17.3 Å². The maximum atomic E-state index is 6.26. The van der Waals surface area contributed by atoms with E-state index in [0.29, 0.717) is 5.02 Å². The summed E-state index contributed by atoms with van der Waals surface area (Å²) in [6, 6.07) is 12.2. The van der Waals surface area contributed by atoms with E-state index in [9.17, 15) is 0 Å². The zero-order valence-electron chi connectivity index (χ0n) is 14.8. The van der Waals surface area contributed by atoms with Crippen LogP contribution in [0, 0.1) is 20.8 Å². The molecular weight excluding hydrogens is 346 g/mol. The highest BCUT2D eigenvalue weighted by Gasteiger charge is 2.12. The highest BCUT2D eigenvalue weighted by molar-refractivity contribution is 6.31. The summed E-state index contributed by atoms with van der Waals surface area (Å²) in [6.45, 7) is 6.13. The fourth-order valence-electron chi connectivity index (χ4n) is 3.03. The molecule has 0 spiro atoms. The molecule has 0 amide bonds. The minimum atomic E-state index is 0.703. The number of halogens is 1. The van der Waals surface area contributed by atoms with Crippen LogP contribution >= 0.6 is 11.6 Å². The number of rotatable bonds is 3. The molecule has 4 rings (SSSR count). The fraction of sp³-hybridized carbons (Fsp3) is 0.150. The fourth-order valence-corrected chi connectivity index (χ4v) is 3.20. The monoisotopic (exact) mass is 363 g/mol. The van der Waals surface area contributed by atoms with E-state index in [-0.39, 0.29) is 0 Å². The lowest BCUT2D eigenvalue weighted by molar-refractivity contribution is 0.894. The Kier molecular flexibility index (Phi) is 4.09. The van der Waals surface area contributed by atoms with E-state index in [0.717, 1.165) is 33.8 Å². The third-order valence-electron chi connectivity index (χ3n) is 4.25. The molecule has 4 aromatic rings. The van der Waals surface area contributed by atoms with Gasteiger partial charge in [-0.3, -0.25) is 0 Å². The molecule has 5 nitrogen and oxygen atoms in total. The second kappa shape index (κ2) is 6.42. The number of benzene rings is 2. The molecular formula is C20H18ClN5. The van der Waals surface area contributed by atoms with Gasteiger partial charge in [0, 0.05) is 10.7 Å². The normalized spacial score (nSPS) is 11.1. The number of hydrogen-bond acceptors (Lipinski definition) is 4. The van der Waals surface area contributed by atoms with Crippen molar-refractivity contribution >= 4 is 34.1 Å². The minimum Gasteiger partial charge on any atom is -0.340 e. The van der Waals surface area contributed by atoms with Gasteiger partial charge in [-0.05, 0) is 61.7 Å². The Morgan fingerprint density at radius 2 is 1.73 bits per heavy atom. The van der Waals surface area contributed by atoms with Crippen LogP contribution in [0.5, 0.6) is 0 Å².